The average Bonchev–Trinajstić information content (AvgIpc) is 2.70. The molecule has 1 saturated carbocycles. The maximum Gasteiger partial charge on any atom is 0.323 e. The van der Waals surface area contributed by atoms with E-state index < -0.39 is 0 Å². The van der Waals surface area contributed by atoms with Crippen molar-refractivity contribution in [2.24, 2.45) is 5.92 Å². The maximum atomic E-state index is 12.2. The van der Waals surface area contributed by atoms with Crippen LogP contribution in [-0.4, -0.2) is 48.9 Å². The summed E-state index contributed by atoms with van der Waals surface area (Å²) in [5.41, 5.74) is 0. The standard InChI is InChI=1S/C22H41NO5/c1-3-27-21(25)15-11-6-5-10-14-19(22(26)28-4-2)23-17-16-20(24)18-12-8-7-9-13-18/h18-20,23-24H,3-17H2,1-2H3. The lowest BCUT2D eigenvalue weighted by Crippen LogP contribution is -2.40. The number of aliphatic hydroxyl groups excluding tert-OH is 1. The molecule has 2 N–H and O–H groups in total. The first kappa shape index (κ1) is 24.9. The molecule has 0 bridgehead atoms. The minimum atomic E-state index is -0.316. The molecule has 6 heteroatoms. The van der Waals surface area contributed by atoms with Crippen LogP contribution in [0.5, 0.6) is 0 Å². The third-order valence-corrected chi connectivity index (χ3v) is 5.52. The van der Waals surface area contributed by atoms with Crippen LogP contribution in [0, 0.1) is 5.92 Å². The van der Waals surface area contributed by atoms with Crippen LogP contribution in [0.25, 0.3) is 0 Å². The number of hydrogen-bond donors (Lipinski definition) is 2. The van der Waals surface area contributed by atoms with Crippen molar-refractivity contribution < 1.29 is 24.2 Å². The molecule has 1 rings (SSSR count). The van der Waals surface area contributed by atoms with Gasteiger partial charge >= 0.3 is 11.9 Å². The first-order valence-electron chi connectivity index (χ1n) is 11.3. The van der Waals surface area contributed by atoms with Gasteiger partial charge in [0.15, 0.2) is 0 Å². The number of nitrogens with one attached hydrogen (secondary N) is 1. The molecule has 0 saturated heterocycles. The number of unbranched alkanes of at least 4 members (excludes halogenated alkanes) is 3. The molecule has 2 atom stereocenters. The van der Waals surface area contributed by atoms with E-state index in [4.69, 9.17) is 9.47 Å². The predicted molar refractivity (Wildman–Crippen MR) is 110 cm³/mol. The first-order chi connectivity index (χ1) is 13.6. The largest absolute Gasteiger partial charge is 0.466 e. The monoisotopic (exact) mass is 399 g/mol. The summed E-state index contributed by atoms with van der Waals surface area (Å²) in [6.45, 7) is 5.07. The van der Waals surface area contributed by atoms with Crippen molar-refractivity contribution in [3.63, 3.8) is 0 Å². The zero-order valence-electron chi connectivity index (χ0n) is 17.9. The van der Waals surface area contributed by atoms with E-state index in [0.717, 1.165) is 44.9 Å². The van der Waals surface area contributed by atoms with Gasteiger partial charge in [0.1, 0.15) is 6.04 Å². The summed E-state index contributed by atoms with van der Waals surface area (Å²) in [6.07, 6.45) is 11.2. The highest BCUT2D eigenvalue weighted by Gasteiger charge is 2.23. The van der Waals surface area contributed by atoms with Crippen molar-refractivity contribution in [1.82, 2.24) is 5.32 Å². The first-order valence-corrected chi connectivity index (χ1v) is 11.3. The van der Waals surface area contributed by atoms with E-state index in [1.165, 1.54) is 19.3 Å². The van der Waals surface area contributed by atoms with E-state index in [0.29, 0.717) is 38.5 Å². The smallest absolute Gasteiger partial charge is 0.323 e. The molecule has 2 unspecified atom stereocenters. The molecular formula is C22H41NO5. The Hall–Kier alpha value is -1.14. The molecule has 164 valence electrons. The molecule has 0 aromatic heterocycles. The molecule has 0 radical (unpaired) electrons. The van der Waals surface area contributed by atoms with Crippen LogP contribution in [0.3, 0.4) is 0 Å². The van der Waals surface area contributed by atoms with Gasteiger partial charge < -0.3 is 19.9 Å². The Labute approximate surface area is 170 Å². The van der Waals surface area contributed by atoms with E-state index >= 15 is 0 Å². The molecule has 0 spiro atoms. The molecule has 6 nitrogen and oxygen atoms in total. The van der Waals surface area contributed by atoms with E-state index in [1.54, 1.807) is 0 Å². The number of carbonyl (C=O) groups excluding carboxylic acids is 2. The lowest BCUT2D eigenvalue weighted by molar-refractivity contribution is -0.146. The highest BCUT2D eigenvalue weighted by atomic mass is 16.5. The SMILES string of the molecule is CCOC(=O)CCCCCCC(NCCC(O)C1CCCCC1)C(=O)OCC. The van der Waals surface area contributed by atoms with Crippen molar-refractivity contribution in [2.45, 2.75) is 103 Å². The third-order valence-electron chi connectivity index (χ3n) is 5.52. The molecule has 1 aliphatic carbocycles. The maximum absolute atomic E-state index is 12.2. The predicted octanol–water partition coefficient (Wildman–Crippen LogP) is 3.74. The summed E-state index contributed by atoms with van der Waals surface area (Å²) in [7, 11) is 0. The normalized spacial score (nSPS) is 17.1. The number of carbonyl (C=O) groups is 2. The van der Waals surface area contributed by atoms with Gasteiger partial charge in [0, 0.05) is 6.42 Å². The second kappa shape index (κ2) is 15.7. The van der Waals surface area contributed by atoms with Gasteiger partial charge in [-0.2, -0.15) is 0 Å². The number of aliphatic hydroxyl groups is 1. The minimum absolute atomic E-state index is 0.134. The number of ether oxygens (including phenoxy) is 2. The summed E-state index contributed by atoms with van der Waals surface area (Å²) >= 11 is 0. The van der Waals surface area contributed by atoms with Crippen molar-refractivity contribution in [3.05, 3.63) is 0 Å². The second-order valence-electron chi connectivity index (χ2n) is 7.77. The summed E-state index contributed by atoms with van der Waals surface area (Å²) in [4.78, 5) is 23.5. The Morgan fingerprint density at radius 3 is 2.32 bits per heavy atom. The van der Waals surface area contributed by atoms with Gasteiger partial charge in [-0.3, -0.25) is 9.59 Å². The fraction of sp³-hybridized carbons (Fsp3) is 0.909. The van der Waals surface area contributed by atoms with Crippen LogP contribution in [0.1, 0.15) is 90.9 Å². The Morgan fingerprint density at radius 1 is 0.964 bits per heavy atom. The topological polar surface area (TPSA) is 84.9 Å². The zero-order valence-corrected chi connectivity index (χ0v) is 17.9. The van der Waals surface area contributed by atoms with Crippen LogP contribution in [0.4, 0.5) is 0 Å². The summed E-state index contributed by atoms with van der Waals surface area (Å²) < 4.78 is 10.1. The minimum Gasteiger partial charge on any atom is -0.466 e. The molecule has 28 heavy (non-hydrogen) atoms. The van der Waals surface area contributed by atoms with Gasteiger partial charge in [-0.1, -0.05) is 38.5 Å². The molecule has 0 heterocycles. The second-order valence-corrected chi connectivity index (χ2v) is 7.77. The summed E-state index contributed by atoms with van der Waals surface area (Å²) in [6, 6.07) is -0.316. The van der Waals surface area contributed by atoms with Gasteiger partial charge in [-0.15, -0.1) is 0 Å². The molecule has 0 amide bonds. The molecule has 1 fully saturated rings. The van der Waals surface area contributed by atoms with Crippen LogP contribution in [0.15, 0.2) is 0 Å². The van der Waals surface area contributed by atoms with E-state index in [2.05, 4.69) is 5.32 Å². The van der Waals surface area contributed by atoms with E-state index in [-0.39, 0.29) is 24.1 Å². The van der Waals surface area contributed by atoms with Gasteiger partial charge in [0.05, 0.1) is 19.3 Å². The Balaban J connectivity index is 2.24. The Bertz CT molecular complexity index is 423. The summed E-state index contributed by atoms with van der Waals surface area (Å²) in [5, 5.41) is 13.7. The van der Waals surface area contributed by atoms with Crippen LogP contribution >= 0.6 is 0 Å². The molecular weight excluding hydrogens is 358 g/mol. The van der Waals surface area contributed by atoms with Crippen LogP contribution in [0.2, 0.25) is 0 Å². The Kier molecular flexibility index (Phi) is 14.0. The number of hydrogen-bond acceptors (Lipinski definition) is 6. The van der Waals surface area contributed by atoms with Gasteiger partial charge in [0.25, 0.3) is 0 Å². The molecule has 0 aromatic rings. The van der Waals surface area contributed by atoms with E-state index in [1.807, 2.05) is 13.8 Å². The highest BCUT2D eigenvalue weighted by molar-refractivity contribution is 5.75. The van der Waals surface area contributed by atoms with E-state index in [9.17, 15) is 14.7 Å². The Morgan fingerprint density at radius 2 is 1.64 bits per heavy atom. The highest BCUT2D eigenvalue weighted by Crippen LogP contribution is 2.27. The molecule has 0 aliphatic heterocycles. The molecule has 0 aromatic carbocycles. The van der Waals surface area contributed by atoms with Crippen molar-refractivity contribution in [3.8, 4) is 0 Å². The van der Waals surface area contributed by atoms with Crippen molar-refractivity contribution in [2.75, 3.05) is 19.8 Å². The van der Waals surface area contributed by atoms with Crippen LogP contribution in [-0.2, 0) is 19.1 Å². The van der Waals surface area contributed by atoms with Gasteiger partial charge in [-0.25, -0.2) is 0 Å². The summed E-state index contributed by atoms with van der Waals surface area (Å²) in [5.74, 6) is 0.0715. The third kappa shape index (κ3) is 11.0. The fourth-order valence-corrected chi connectivity index (χ4v) is 3.91. The van der Waals surface area contributed by atoms with Crippen molar-refractivity contribution >= 4 is 11.9 Å². The van der Waals surface area contributed by atoms with Gasteiger partial charge in [0.2, 0.25) is 0 Å². The van der Waals surface area contributed by atoms with Crippen LogP contribution < -0.4 is 5.32 Å². The van der Waals surface area contributed by atoms with Crippen molar-refractivity contribution in [1.29, 1.82) is 0 Å². The van der Waals surface area contributed by atoms with Gasteiger partial charge in [-0.05, 0) is 58.4 Å². The fourth-order valence-electron chi connectivity index (χ4n) is 3.91. The average molecular weight is 400 g/mol. The number of rotatable bonds is 15. The zero-order chi connectivity index (χ0) is 20.6. The quantitative estimate of drug-likeness (QED) is 0.322. The molecule has 1 aliphatic rings. The number of esters is 2. The lowest BCUT2D eigenvalue weighted by Gasteiger charge is -2.27. The lowest BCUT2D eigenvalue weighted by atomic mass is 9.84.